The molecule has 4 rings (SSSR count). The molecule has 4 fully saturated rings. The van der Waals surface area contributed by atoms with Crippen LogP contribution in [0.1, 0.15) is 98.3 Å². The van der Waals surface area contributed by atoms with E-state index in [2.05, 4.69) is 40.8 Å². The van der Waals surface area contributed by atoms with Crippen molar-refractivity contribution in [2.75, 3.05) is 7.11 Å². The van der Waals surface area contributed by atoms with Gasteiger partial charge in [-0.2, -0.15) is 0 Å². The second-order valence-corrected chi connectivity index (χ2v) is 18.0. The number of methoxy groups -OCH3 is 1. The summed E-state index contributed by atoms with van der Waals surface area (Å²) in [7, 11) is -0.0914. The van der Waals surface area contributed by atoms with E-state index in [1.165, 1.54) is 70.9 Å². The van der Waals surface area contributed by atoms with Crippen LogP contribution < -0.4 is 0 Å². The normalized spacial score (nSPS) is 43.8. The summed E-state index contributed by atoms with van der Waals surface area (Å²) in [6.07, 6.45) is 14.6. The van der Waals surface area contributed by atoms with Gasteiger partial charge in [0.2, 0.25) is 0 Å². The zero-order valence-corrected chi connectivity index (χ0v) is 23.8. The van der Waals surface area contributed by atoms with E-state index in [-0.39, 0.29) is 5.97 Å². The fourth-order valence-electron chi connectivity index (χ4n) is 9.47. The standard InChI is InChI=1S/C29H52O3Si/c1-8-33(6,7)32-25-19-21-11-9-10-17-28(21,3)24-16-18-29(4)22(13-14-23(29)27(24)25)20(2)12-15-26(30)31-5/h20-25,27H,8-19H2,1-7H3/t20-,21-,22-,23+,24+,25-,27+,28+,29-/m1/s1. The Morgan fingerprint density at radius 3 is 2.45 bits per heavy atom. The topological polar surface area (TPSA) is 35.5 Å². The molecule has 0 saturated heterocycles. The predicted molar refractivity (Wildman–Crippen MR) is 138 cm³/mol. The zero-order chi connectivity index (χ0) is 24.0. The molecule has 0 unspecified atom stereocenters. The van der Waals surface area contributed by atoms with Crippen molar-refractivity contribution in [1.29, 1.82) is 0 Å². The molecule has 0 aromatic rings. The highest BCUT2D eigenvalue weighted by Crippen LogP contribution is 2.69. The number of ether oxygens (including phenoxy) is 1. The molecule has 9 atom stereocenters. The molecule has 4 aliphatic rings. The van der Waals surface area contributed by atoms with Crippen LogP contribution in [0.3, 0.4) is 0 Å². The first-order chi connectivity index (χ1) is 15.6. The molecule has 0 aromatic carbocycles. The minimum Gasteiger partial charge on any atom is -0.469 e. The first-order valence-corrected chi connectivity index (χ1v) is 17.4. The number of rotatable bonds is 7. The van der Waals surface area contributed by atoms with Gasteiger partial charge in [0.1, 0.15) is 0 Å². The Morgan fingerprint density at radius 1 is 1.03 bits per heavy atom. The third-order valence-corrected chi connectivity index (χ3v) is 14.3. The van der Waals surface area contributed by atoms with E-state index in [4.69, 9.17) is 9.16 Å². The minimum atomic E-state index is -1.61. The van der Waals surface area contributed by atoms with Crippen molar-refractivity contribution in [3.63, 3.8) is 0 Å². The number of fused-ring (bicyclic) bond motifs is 5. The van der Waals surface area contributed by atoms with Crippen LogP contribution in [0.25, 0.3) is 0 Å². The lowest BCUT2D eigenvalue weighted by Crippen LogP contribution is -2.59. The molecule has 3 nitrogen and oxygen atoms in total. The van der Waals surface area contributed by atoms with Crippen molar-refractivity contribution in [1.82, 2.24) is 0 Å². The molecular weight excluding hydrogens is 424 g/mol. The maximum Gasteiger partial charge on any atom is 0.305 e. The molecule has 4 saturated carbocycles. The van der Waals surface area contributed by atoms with E-state index >= 15 is 0 Å². The number of carbonyl (C=O) groups is 1. The van der Waals surface area contributed by atoms with Gasteiger partial charge in [0.25, 0.3) is 0 Å². The lowest BCUT2D eigenvalue weighted by atomic mass is 9.44. The molecule has 4 aliphatic carbocycles. The van der Waals surface area contributed by atoms with Crippen LogP contribution >= 0.6 is 0 Å². The van der Waals surface area contributed by atoms with Gasteiger partial charge in [0, 0.05) is 12.5 Å². The lowest BCUT2D eigenvalue weighted by molar-refractivity contribution is -0.160. The van der Waals surface area contributed by atoms with Crippen molar-refractivity contribution in [2.24, 2.45) is 46.3 Å². The second-order valence-electron chi connectivity index (χ2n) is 13.6. The largest absolute Gasteiger partial charge is 0.469 e. The highest BCUT2D eigenvalue weighted by Gasteiger charge is 2.63. The Bertz CT molecular complexity index is 707. The highest BCUT2D eigenvalue weighted by molar-refractivity contribution is 6.71. The van der Waals surface area contributed by atoms with Crippen LogP contribution in [-0.4, -0.2) is 27.5 Å². The second kappa shape index (κ2) is 9.60. The third kappa shape index (κ3) is 4.61. The van der Waals surface area contributed by atoms with Gasteiger partial charge in [0.15, 0.2) is 8.32 Å². The Balaban J connectivity index is 1.61. The molecular formula is C29H52O3Si. The van der Waals surface area contributed by atoms with Gasteiger partial charge in [-0.15, -0.1) is 0 Å². The maximum absolute atomic E-state index is 11.8. The molecule has 0 aromatic heterocycles. The third-order valence-electron chi connectivity index (χ3n) is 11.7. The Morgan fingerprint density at radius 2 is 1.76 bits per heavy atom. The molecule has 33 heavy (non-hydrogen) atoms. The van der Waals surface area contributed by atoms with E-state index in [1.54, 1.807) is 0 Å². The monoisotopic (exact) mass is 476 g/mol. The molecule has 4 heteroatoms. The van der Waals surface area contributed by atoms with Crippen molar-refractivity contribution >= 4 is 14.3 Å². The van der Waals surface area contributed by atoms with Crippen LogP contribution in [0.2, 0.25) is 19.1 Å². The van der Waals surface area contributed by atoms with E-state index < -0.39 is 8.32 Å². The van der Waals surface area contributed by atoms with Gasteiger partial charge in [0.05, 0.1) is 7.11 Å². The fraction of sp³-hybridized carbons (Fsp3) is 0.966. The van der Waals surface area contributed by atoms with Crippen molar-refractivity contribution in [3.8, 4) is 0 Å². The summed E-state index contributed by atoms with van der Waals surface area (Å²) in [6.45, 7) is 15.0. The van der Waals surface area contributed by atoms with Gasteiger partial charge in [-0.05, 0) is 117 Å². The maximum atomic E-state index is 11.8. The van der Waals surface area contributed by atoms with Gasteiger partial charge in [-0.25, -0.2) is 0 Å². The summed E-state index contributed by atoms with van der Waals surface area (Å²) in [5.41, 5.74) is 0.949. The Kier molecular flexibility index (Phi) is 7.48. The Hall–Kier alpha value is -0.353. The summed E-state index contributed by atoms with van der Waals surface area (Å²) in [5, 5.41) is 0. The van der Waals surface area contributed by atoms with Crippen LogP contribution in [0.5, 0.6) is 0 Å². The Labute approximate surface area is 205 Å². The van der Waals surface area contributed by atoms with Crippen molar-refractivity contribution < 1.29 is 14.0 Å². The van der Waals surface area contributed by atoms with Crippen LogP contribution in [0.4, 0.5) is 0 Å². The molecule has 190 valence electrons. The molecule has 0 aliphatic heterocycles. The molecule has 0 radical (unpaired) electrons. The first-order valence-electron chi connectivity index (χ1n) is 14.3. The van der Waals surface area contributed by atoms with Crippen molar-refractivity contribution in [3.05, 3.63) is 0 Å². The summed E-state index contributed by atoms with van der Waals surface area (Å²) >= 11 is 0. The lowest BCUT2D eigenvalue weighted by Gasteiger charge is -2.63. The van der Waals surface area contributed by atoms with Gasteiger partial charge in [-0.3, -0.25) is 4.79 Å². The number of hydrogen-bond donors (Lipinski definition) is 0. The van der Waals surface area contributed by atoms with E-state index in [0.29, 0.717) is 29.3 Å². The summed E-state index contributed by atoms with van der Waals surface area (Å²) in [4.78, 5) is 11.8. The fourth-order valence-corrected chi connectivity index (χ4v) is 10.7. The quantitative estimate of drug-likeness (QED) is 0.277. The number of hydrogen-bond acceptors (Lipinski definition) is 3. The predicted octanol–water partition coefficient (Wildman–Crippen LogP) is 7.84. The number of carbonyl (C=O) groups excluding carboxylic acids is 1. The van der Waals surface area contributed by atoms with Crippen LogP contribution in [0, 0.1) is 46.3 Å². The van der Waals surface area contributed by atoms with Gasteiger partial charge >= 0.3 is 5.97 Å². The minimum absolute atomic E-state index is 0.0472. The SMILES string of the molecule is CC[Si](C)(C)O[C@@H]1C[C@H]2CCCC[C@]2(C)[C@H]2CC[C@]3(C)[C@@H]([C@H](C)CCC(=O)OC)CC[C@H]3[C@H]12. The van der Waals surface area contributed by atoms with E-state index in [1.807, 2.05) is 0 Å². The molecule has 0 heterocycles. The zero-order valence-electron chi connectivity index (χ0n) is 22.8. The summed E-state index contributed by atoms with van der Waals surface area (Å²) in [5.74, 6) is 4.56. The van der Waals surface area contributed by atoms with Gasteiger partial charge in [-0.1, -0.05) is 40.5 Å². The summed E-state index contributed by atoms with van der Waals surface area (Å²) in [6, 6.07) is 1.22. The smallest absolute Gasteiger partial charge is 0.305 e. The van der Waals surface area contributed by atoms with E-state index in [9.17, 15) is 4.79 Å². The average molecular weight is 477 g/mol. The van der Waals surface area contributed by atoms with E-state index in [0.717, 1.165) is 36.0 Å². The van der Waals surface area contributed by atoms with Gasteiger partial charge < -0.3 is 9.16 Å². The molecule has 0 N–H and O–H groups in total. The average Bonchev–Trinajstić information content (AvgIpc) is 3.14. The summed E-state index contributed by atoms with van der Waals surface area (Å²) < 4.78 is 12.2. The van der Waals surface area contributed by atoms with Crippen molar-refractivity contribution in [2.45, 2.75) is 124 Å². The molecule has 0 amide bonds. The van der Waals surface area contributed by atoms with Crippen LogP contribution in [0.15, 0.2) is 0 Å². The number of esters is 1. The highest BCUT2D eigenvalue weighted by atomic mass is 28.4. The first kappa shape index (κ1) is 25.7. The molecule has 0 spiro atoms. The molecule has 0 bridgehead atoms. The van der Waals surface area contributed by atoms with Crippen LogP contribution in [-0.2, 0) is 14.0 Å².